The van der Waals surface area contributed by atoms with Crippen LogP contribution in [0.25, 0.3) is 0 Å². The molecule has 1 aliphatic heterocycles. The van der Waals surface area contributed by atoms with Crippen molar-refractivity contribution in [1.29, 1.82) is 0 Å². The summed E-state index contributed by atoms with van der Waals surface area (Å²) >= 11 is 0. The van der Waals surface area contributed by atoms with Crippen molar-refractivity contribution in [2.45, 2.75) is 51.7 Å². The second-order valence-electron chi connectivity index (χ2n) is 9.03. The predicted molar refractivity (Wildman–Crippen MR) is 107 cm³/mol. The maximum atomic E-state index is 13.0. The first kappa shape index (κ1) is 18.2. The summed E-state index contributed by atoms with van der Waals surface area (Å²) in [6.07, 6.45) is 5.12. The molecular weight excluding hydrogens is 368 g/mol. The van der Waals surface area contributed by atoms with Gasteiger partial charge in [0.1, 0.15) is 23.0 Å². The minimum atomic E-state index is -0.527. The molecule has 0 radical (unpaired) electrons. The van der Waals surface area contributed by atoms with Crippen molar-refractivity contribution in [2.75, 3.05) is 5.32 Å². The molecule has 0 unspecified atom stereocenters. The van der Waals surface area contributed by atoms with Crippen molar-refractivity contribution in [1.82, 2.24) is 15.6 Å². The smallest absolute Gasteiger partial charge is 0.256 e. The van der Waals surface area contributed by atoms with Crippen LogP contribution in [0.4, 0.5) is 5.82 Å². The van der Waals surface area contributed by atoms with Crippen molar-refractivity contribution in [2.24, 2.45) is 17.3 Å². The Morgan fingerprint density at radius 3 is 2.97 bits per heavy atom. The lowest BCUT2D eigenvalue weighted by Gasteiger charge is -2.60. The summed E-state index contributed by atoms with van der Waals surface area (Å²) in [5.74, 6) is 2.34. The van der Waals surface area contributed by atoms with Crippen molar-refractivity contribution >= 4 is 17.6 Å². The molecule has 0 saturated heterocycles. The highest BCUT2D eigenvalue weighted by Gasteiger charge is 2.60. The van der Waals surface area contributed by atoms with Gasteiger partial charge in [0, 0.05) is 18.0 Å². The Kier molecular flexibility index (Phi) is 3.98. The third-order valence-electron chi connectivity index (χ3n) is 7.08. The zero-order valence-electron chi connectivity index (χ0n) is 16.7. The minimum absolute atomic E-state index is 0.0711. The second-order valence-corrected chi connectivity index (χ2v) is 9.03. The zero-order valence-corrected chi connectivity index (χ0v) is 16.7. The number of carbonyl (C=O) groups is 2. The number of nitrogens with one attached hydrogen (secondary N) is 3. The van der Waals surface area contributed by atoms with Crippen LogP contribution in [0.3, 0.4) is 0 Å². The first-order valence-corrected chi connectivity index (χ1v) is 10.3. The summed E-state index contributed by atoms with van der Waals surface area (Å²) in [6.45, 7) is 4.47. The fourth-order valence-corrected chi connectivity index (χ4v) is 5.60. The second kappa shape index (κ2) is 6.34. The Morgan fingerprint density at radius 1 is 1.34 bits per heavy atom. The fourth-order valence-electron chi connectivity index (χ4n) is 5.60. The Morgan fingerprint density at radius 2 is 2.21 bits per heavy atom. The van der Waals surface area contributed by atoms with Gasteiger partial charge in [0.25, 0.3) is 5.91 Å². The molecule has 4 aliphatic rings. The number of hydrogen-bond acceptors (Lipinski definition) is 5. The van der Waals surface area contributed by atoms with Crippen LogP contribution in [0, 0.1) is 24.2 Å². The third-order valence-corrected chi connectivity index (χ3v) is 7.08. The summed E-state index contributed by atoms with van der Waals surface area (Å²) < 4.78 is 5.56. The highest BCUT2D eigenvalue weighted by atomic mass is 16.3. The van der Waals surface area contributed by atoms with Gasteiger partial charge in [0.2, 0.25) is 5.91 Å². The van der Waals surface area contributed by atoms with Crippen LogP contribution in [0.2, 0.25) is 0 Å². The topological polar surface area (TPSA) is 96.3 Å². The van der Waals surface area contributed by atoms with E-state index >= 15 is 0 Å². The summed E-state index contributed by atoms with van der Waals surface area (Å²) in [4.78, 5) is 30.2. The summed E-state index contributed by atoms with van der Waals surface area (Å²) in [5, 5.41) is 9.81. The third kappa shape index (κ3) is 2.91. The van der Waals surface area contributed by atoms with Gasteiger partial charge in [-0.15, -0.1) is 0 Å². The maximum Gasteiger partial charge on any atom is 0.256 e. The van der Waals surface area contributed by atoms with Crippen LogP contribution in [0.15, 0.2) is 34.9 Å². The molecule has 3 heterocycles. The average Bonchev–Trinajstić information content (AvgIpc) is 3.11. The molecule has 0 aromatic carbocycles. The largest absolute Gasteiger partial charge is 0.465 e. The molecule has 2 amide bonds. The lowest BCUT2D eigenvalue weighted by atomic mass is 9.51. The molecular formula is C22H26N4O3. The summed E-state index contributed by atoms with van der Waals surface area (Å²) in [5.41, 5.74) is -0.141. The molecule has 3 N–H and O–H groups in total. The molecule has 29 heavy (non-hydrogen) atoms. The number of furan rings is 1. The lowest BCUT2D eigenvalue weighted by molar-refractivity contribution is -0.139. The van der Waals surface area contributed by atoms with E-state index in [0.717, 1.165) is 30.8 Å². The number of fused-ring (bicyclic) bond motifs is 3. The van der Waals surface area contributed by atoms with Gasteiger partial charge in [0.15, 0.2) is 0 Å². The predicted octanol–water partition coefficient (Wildman–Crippen LogP) is 2.98. The van der Waals surface area contributed by atoms with E-state index in [1.807, 2.05) is 19.1 Å². The van der Waals surface area contributed by atoms with Crippen molar-refractivity contribution in [3.63, 3.8) is 0 Å². The van der Waals surface area contributed by atoms with E-state index in [2.05, 4.69) is 27.9 Å². The van der Waals surface area contributed by atoms with Crippen LogP contribution in [0.5, 0.6) is 0 Å². The highest BCUT2D eigenvalue weighted by Crippen LogP contribution is 2.58. The summed E-state index contributed by atoms with van der Waals surface area (Å²) in [7, 11) is 0. The number of carbonyl (C=O) groups excluding carboxylic acids is 2. The number of rotatable bonds is 3. The van der Waals surface area contributed by atoms with E-state index in [9.17, 15) is 9.59 Å². The first-order valence-electron chi connectivity index (χ1n) is 10.3. The van der Waals surface area contributed by atoms with Crippen LogP contribution in [0.1, 0.15) is 54.5 Å². The van der Waals surface area contributed by atoms with E-state index in [1.165, 1.54) is 0 Å². The summed E-state index contributed by atoms with van der Waals surface area (Å²) in [6, 6.07) is 7.35. The molecule has 6 rings (SSSR count). The van der Waals surface area contributed by atoms with E-state index in [1.54, 1.807) is 18.3 Å². The van der Waals surface area contributed by atoms with Crippen LogP contribution in [-0.4, -0.2) is 22.5 Å². The number of pyridine rings is 1. The SMILES string of the molecule is Cc1ccc(CNC(=O)[C@@H]2C[C@H]3CC[C@]2(C)C[C@]32NC(=O)c3cccnc3N2)o1. The molecule has 2 aromatic heterocycles. The van der Waals surface area contributed by atoms with E-state index in [4.69, 9.17) is 4.42 Å². The highest BCUT2D eigenvalue weighted by molar-refractivity contribution is 6.01. The van der Waals surface area contributed by atoms with Gasteiger partial charge in [0.05, 0.1) is 12.1 Å². The fraction of sp³-hybridized carbons (Fsp3) is 0.500. The van der Waals surface area contributed by atoms with Gasteiger partial charge < -0.3 is 20.4 Å². The Bertz CT molecular complexity index is 986. The Labute approximate surface area is 169 Å². The number of amides is 2. The quantitative estimate of drug-likeness (QED) is 0.744. The van der Waals surface area contributed by atoms with Crippen molar-refractivity contribution in [3.8, 4) is 0 Å². The average molecular weight is 394 g/mol. The Hall–Kier alpha value is -2.83. The number of hydrogen-bond donors (Lipinski definition) is 3. The minimum Gasteiger partial charge on any atom is -0.465 e. The van der Waals surface area contributed by atoms with E-state index < -0.39 is 5.66 Å². The first-order chi connectivity index (χ1) is 13.9. The Balaban J connectivity index is 1.35. The molecule has 3 saturated carbocycles. The molecule has 3 fully saturated rings. The van der Waals surface area contributed by atoms with Gasteiger partial charge in [-0.2, -0.15) is 0 Å². The van der Waals surface area contributed by atoms with Crippen LogP contribution < -0.4 is 16.0 Å². The molecule has 4 atom stereocenters. The molecule has 1 spiro atoms. The molecule has 152 valence electrons. The number of anilines is 1. The van der Waals surface area contributed by atoms with Crippen molar-refractivity contribution in [3.05, 3.63) is 47.5 Å². The van der Waals surface area contributed by atoms with Crippen LogP contribution >= 0.6 is 0 Å². The molecule has 2 aromatic rings. The van der Waals surface area contributed by atoms with Gasteiger partial charge in [-0.25, -0.2) is 4.98 Å². The van der Waals surface area contributed by atoms with Gasteiger partial charge in [-0.05, 0) is 62.3 Å². The number of nitrogens with zero attached hydrogens (tertiary/aromatic N) is 1. The number of aromatic nitrogens is 1. The normalized spacial score (nSPS) is 32.4. The maximum absolute atomic E-state index is 13.0. The standard InChI is InChI=1S/C22H26N4O3/c1-13-5-6-15(29-13)11-24-20(28)17-10-14-7-8-21(17,2)12-22(14)25-18-16(19(27)26-22)4-3-9-23-18/h3-6,9,14,17H,7-8,10-12H2,1-2H3,(H,23,25)(H,24,28)(H,26,27)/t14-,17+,21-,22+/m1/s1. The molecule has 7 heteroatoms. The molecule has 7 nitrogen and oxygen atoms in total. The van der Waals surface area contributed by atoms with Gasteiger partial charge in [-0.3, -0.25) is 9.59 Å². The van der Waals surface area contributed by atoms with E-state index in [-0.39, 0.29) is 29.1 Å². The van der Waals surface area contributed by atoms with Gasteiger partial charge >= 0.3 is 0 Å². The molecule has 3 aliphatic carbocycles. The van der Waals surface area contributed by atoms with Gasteiger partial charge in [-0.1, -0.05) is 6.92 Å². The molecule has 2 bridgehead atoms. The zero-order chi connectivity index (χ0) is 20.2. The van der Waals surface area contributed by atoms with Crippen LogP contribution in [-0.2, 0) is 11.3 Å². The van der Waals surface area contributed by atoms with E-state index in [0.29, 0.717) is 24.3 Å². The monoisotopic (exact) mass is 394 g/mol. The number of aryl methyl sites for hydroxylation is 1. The lowest BCUT2D eigenvalue weighted by Crippen LogP contribution is -2.70. The van der Waals surface area contributed by atoms with Crippen molar-refractivity contribution < 1.29 is 14.0 Å².